The Morgan fingerprint density at radius 1 is 1.05 bits per heavy atom. The lowest BCUT2D eigenvalue weighted by Gasteiger charge is -2.19. The summed E-state index contributed by atoms with van der Waals surface area (Å²) in [6, 6.07) is 10.4. The predicted octanol–water partition coefficient (Wildman–Crippen LogP) is 2.93. The average Bonchev–Trinajstić information content (AvgIpc) is 2.41. The number of benzene rings is 1. The van der Waals surface area contributed by atoms with Crippen molar-refractivity contribution < 1.29 is 0 Å². The fourth-order valence-corrected chi connectivity index (χ4v) is 1.93. The Morgan fingerprint density at radius 2 is 1.84 bits per heavy atom. The first-order valence-electron chi connectivity index (χ1n) is 6.57. The second kappa shape index (κ2) is 5.85. The standard InChI is InChI=1S/C16H21N3/c1-12-4-7-16(10-13(12)2)19(17)9-8-15-6-5-14(3)18-11-15/h4-7,10-11H,8-9,17H2,1-3H3. The van der Waals surface area contributed by atoms with Gasteiger partial charge in [-0.15, -0.1) is 0 Å². The van der Waals surface area contributed by atoms with Crippen molar-refractivity contribution in [3.8, 4) is 0 Å². The molecular weight excluding hydrogens is 234 g/mol. The molecule has 2 N–H and O–H groups in total. The summed E-state index contributed by atoms with van der Waals surface area (Å²) in [6.07, 6.45) is 2.82. The van der Waals surface area contributed by atoms with Crippen molar-refractivity contribution in [3.63, 3.8) is 0 Å². The van der Waals surface area contributed by atoms with E-state index < -0.39 is 0 Å². The molecule has 100 valence electrons. The minimum Gasteiger partial charge on any atom is -0.311 e. The van der Waals surface area contributed by atoms with Crippen LogP contribution in [0.5, 0.6) is 0 Å². The van der Waals surface area contributed by atoms with Gasteiger partial charge in [-0.1, -0.05) is 12.1 Å². The van der Waals surface area contributed by atoms with Crippen LogP contribution in [0, 0.1) is 20.8 Å². The van der Waals surface area contributed by atoms with Crippen LogP contribution in [0.15, 0.2) is 36.5 Å². The highest BCUT2D eigenvalue weighted by Crippen LogP contribution is 2.16. The molecule has 0 aliphatic heterocycles. The molecule has 3 heteroatoms. The van der Waals surface area contributed by atoms with Gasteiger partial charge in [-0.2, -0.15) is 0 Å². The summed E-state index contributed by atoms with van der Waals surface area (Å²) in [5, 5.41) is 1.80. The van der Waals surface area contributed by atoms with Gasteiger partial charge >= 0.3 is 0 Å². The van der Waals surface area contributed by atoms with Crippen LogP contribution < -0.4 is 10.9 Å². The molecule has 0 spiro atoms. The van der Waals surface area contributed by atoms with Gasteiger partial charge in [0.15, 0.2) is 0 Å². The number of hydrogen-bond acceptors (Lipinski definition) is 3. The molecule has 0 fully saturated rings. The minimum atomic E-state index is 0.785. The smallest absolute Gasteiger partial charge is 0.0520 e. The second-order valence-corrected chi connectivity index (χ2v) is 5.02. The maximum absolute atomic E-state index is 6.10. The Morgan fingerprint density at radius 3 is 2.47 bits per heavy atom. The fraction of sp³-hybridized carbons (Fsp3) is 0.312. The van der Waals surface area contributed by atoms with Crippen LogP contribution in [0.1, 0.15) is 22.4 Å². The molecular formula is C16H21N3. The zero-order chi connectivity index (χ0) is 13.8. The zero-order valence-corrected chi connectivity index (χ0v) is 11.9. The van der Waals surface area contributed by atoms with E-state index in [2.05, 4.69) is 43.1 Å². The zero-order valence-electron chi connectivity index (χ0n) is 11.9. The average molecular weight is 255 g/mol. The molecule has 0 bridgehead atoms. The molecule has 0 atom stereocenters. The van der Waals surface area contributed by atoms with E-state index in [0.29, 0.717) is 0 Å². The molecule has 0 saturated heterocycles. The van der Waals surface area contributed by atoms with Crippen LogP contribution in [0.3, 0.4) is 0 Å². The van der Waals surface area contributed by atoms with E-state index in [9.17, 15) is 0 Å². The van der Waals surface area contributed by atoms with Gasteiger partial charge in [0.25, 0.3) is 0 Å². The molecule has 19 heavy (non-hydrogen) atoms. The summed E-state index contributed by atoms with van der Waals surface area (Å²) in [5.41, 5.74) is 5.88. The molecule has 0 radical (unpaired) electrons. The second-order valence-electron chi connectivity index (χ2n) is 5.02. The Bertz CT molecular complexity index is 546. The number of hydrazine groups is 1. The van der Waals surface area contributed by atoms with Gasteiger partial charge in [0.05, 0.1) is 5.69 Å². The molecule has 1 heterocycles. The first kappa shape index (κ1) is 13.6. The number of pyridine rings is 1. The van der Waals surface area contributed by atoms with E-state index in [1.54, 1.807) is 5.01 Å². The van der Waals surface area contributed by atoms with E-state index in [0.717, 1.165) is 24.3 Å². The van der Waals surface area contributed by atoms with Gasteiger partial charge in [0.1, 0.15) is 0 Å². The Balaban J connectivity index is 1.98. The highest BCUT2D eigenvalue weighted by Gasteiger charge is 2.03. The van der Waals surface area contributed by atoms with Crippen LogP contribution in [-0.2, 0) is 6.42 Å². The molecule has 1 aromatic heterocycles. The summed E-state index contributed by atoms with van der Waals surface area (Å²) >= 11 is 0. The largest absolute Gasteiger partial charge is 0.311 e. The highest BCUT2D eigenvalue weighted by molar-refractivity contribution is 5.49. The van der Waals surface area contributed by atoms with Crippen molar-refractivity contribution in [1.82, 2.24) is 4.98 Å². The van der Waals surface area contributed by atoms with Crippen LogP contribution >= 0.6 is 0 Å². The number of nitrogens with zero attached hydrogens (tertiary/aromatic N) is 2. The number of aromatic nitrogens is 1. The van der Waals surface area contributed by atoms with Gasteiger partial charge in [-0.3, -0.25) is 4.98 Å². The van der Waals surface area contributed by atoms with E-state index in [1.807, 2.05) is 19.2 Å². The third-order valence-electron chi connectivity index (χ3n) is 3.44. The van der Waals surface area contributed by atoms with Gasteiger partial charge < -0.3 is 5.01 Å². The third-order valence-corrected chi connectivity index (χ3v) is 3.44. The minimum absolute atomic E-state index is 0.785. The maximum Gasteiger partial charge on any atom is 0.0520 e. The Labute approximate surface area is 115 Å². The van der Waals surface area contributed by atoms with Crippen molar-refractivity contribution in [2.75, 3.05) is 11.6 Å². The summed E-state index contributed by atoms with van der Waals surface area (Å²) < 4.78 is 0. The van der Waals surface area contributed by atoms with Gasteiger partial charge in [-0.25, -0.2) is 5.84 Å². The van der Waals surface area contributed by atoms with Crippen molar-refractivity contribution in [2.24, 2.45) is 5.84 Å². The molecule has 0 amide bonds. The first-order chi connectivity index (χ1) is 9.06. The van der Waals surface area contributed by atoms with Crippen molar-refractivity contribution >= 4 is 5.69 Å². The van der Waals surface area contributed by atoms with Crippen LogP contribution in [0.2, 0.25) is 0 Å². The van der Waals surface area contributed by atoms with Crippen molar-refractivity contribution in [3.05, 3.63) is 58.9 Å². The maximum atomic E-state index is 6.10. The number of anilines is 1. The highest BCUT2D eigenvalue weighted by atomic mass is 15.4. The van der Waals surface area contributed by atoms with E-state index in [4.69, 9.17) is 5.84 Å². The number of rotatable bonds is 4. The summed E-state index contributed by atoms with van der Waals surface area (Å²) in [6.45, 7) is 7.00. The molecule has 0 aliphatic rings. The van der Waals surface area contributed by atoms with Crippen LogP contribution in [0.25, 0.3) is 0 Å². The number of nitrogens with two attached hydrogens (primary N) is 1. The van der Waals surface area contributed by atoms with Crippen molar-refractivity contribution in [2.45, 2.75) is 27.2 Å². The monoisotopic (exact) mass is 255 g/mol. The quantitative estimate of drug-likeness (QED) is 0.674. The third kappa shape index (κ3) is 3.55. The molecule has 2 rings (SSSR count). The summed E-state index contributed by atoms with van der Waals surface area (Å²) in [5.74, 6) is 6.10. The molecule has 0 saturated carbocycles. The van der Waals surface area contributed by atoms with Crippen LogP contribution in [-0.4, -0.2) is 11.5 Å². The van der Waals surface area contributed by atoms with Gasteiger partial charge in [0, 0.05) is 18.4 Å². The summed E-state index contributed by atoms with van der Waals surface area (Å²) in [7, 11) is 0. The van der Waals surface area contributed by atoms with Gasteiger partial charge in [-0.05, 0) is 62.1 Å². The van der Waals surface area contributed by atoms with Crippen molar-refractivity contribution in [1.29, 1.82) is 0 Å². The lowest BCUT2D eigenvalue weighted by Crippen LogP contribution is -2.33. The Hall–Kier alpha value is -1.87. The topological polar surface area (TPSA) is 42.1 Å². The number of aryl methyl sites for hydroxylation is 3. The van der Waals surface area contributed by atoms with E-state index >= 15 is 0 Å². The van der Waals surface area contributed by atoms with E-state index in [-0.39, 0.29) is 0 Å². The summed E-state index contributed by atoms with van der Waals surface area (Å²) in [4.78, 5) is 4.30. The number of hydrogen-bond donors (Lipinski definition) is 1. The SMILES string of the molecule is Cc1ccc(CCN(N)c2ccc(C)c(C)c2)cn1. The van der Waals surface area contributed by atoms with Gasteiger partial charge in [0.2, 0.25) is 0 Å². The normalized spacial score (nSPS) is 10.5. The molecule has 2 aromatic rings. The first-order valence-corrected chi connectivity index (χ1v) is 6.57. The Kier molecular flexibility index (Phi) is 4.17. The molecule has 3 nitrogen and oxygen atoms in total. The lowest BCUT2D eigenvalue weighted by atomic mass is 10.1. The molecule has 0 unspecified atom stereocenters. The fourth-order valence-electron chi connectivity index (χ4n) is 1.93. The van der Waals surface area contributed by atoms with Crippen LogP contribution in [0.4, 0.5) is 5.69 Å². The lowest BCUT2D eigenvalue weighted by molar-refractivity contribution is 0.820. The molecule has 0 aliphatic carbocycles. The predicted molar refractivity (Wildman–Crippen MR) is 80.1 cm³/mol. The molecule has 1 aromatic carbocycles. The van der Waals surface area contributed by atoms with E-state index in [1.165, 1.54) is 16.7 Å².